The number of carboxylic acids is 1. The zero-order chi connectivity index (χ0) is 15.2. The number of carboxylic acid groups (broad SMARTS) is 1. The fraction of sp³-hybridized carbons (Fsp3) is 0.417. The lowest BCUT2D eigenvalue weighted by molar-refractivity contribution is -0.137. The molecule has 2 aromatic rings. The van der Waals surface area contributed by atoms with Gasteiger partial charge in [0, 0.05) is 0 Å². The Morgan fingerprint density at radius 3 is 3.00 bits per heavy atom. The fourth-order valence-corrected chi connectivity index (χ4v) is 2.57. The summed E-state index contributed by atoms with van der Waals surface area (Å²) in [5.41, 5.74) is 0.503. The molecule has 21 heavy (non-hydrogen) atoms. The number of hydrogen-bond donors (Lipinski definition) is 2. The molecule has 0 spiro atoms. The summed E-state index contributed by atoms with van der Waals surface area (Å²) in [6.45, 7) is 2.00. The second kappa shape index (κ2) is 6.93. The van der Waals surface area contributed by atoms with Crippen LogP contribution in [-0.2, 0) is 24.3 Å². The van der Waals surface area contributed by atoms with Crippen LogP contribution in [0.2, 0.25) is 0 Å². The average molecular weight is 309 g/mol. The van der Waals surface area contributed by atoms with Gasteiger partial charge in [-0.2, -0.15) is 0 Å². The lowest BCUT2D eigenvalue weighted by Crippen LogP contribution is -2.22. The third kappa shape index (κ3) is 4.35. The van der Waals surface area contributed by atoms with E-state index in [0.717, 1.165) is 17.8 Å². The maximum atomic E-state index is 11.9. The van der Waals surface area contributed by atoms with Crippen molar-refractivity contribution in [1.82, 2.24) is 25.3 Å². The molecule has 2 aromatic heterocycles. The van der Waals surface area contributed by atoms with E-state index in [4.69, 9.17) is 5.11 Å². The molecule has 0 aliphatic heterocycles. The summed E-state index contributed by atoms with van der Waals surface area (Å²) in [6, 6.07) is 0. The molecular formula is C12H15N5O3S. The molecule has 2 N–H and O–H groups in total. The van der Waals surface area contributed by atoms with E-state index in [9.17, 15) is 9.59 Å². The maximum Gasteiger partial charge on any atom is 0.325 e. The van der Waals surface area contributed by atoms with Gasteiger partial charge < -0.3 is 10.4 Å². The molecule has 0 saturated carbocycles. The predicted octanol–water partition coefficient (Wildman–Crippen LogP) is 0.702. The number of carbonyl (C=O) groups excluding carboxylic acids is 1. The second-order valence-corrected chi connectivity index (χ2v) is 5.47. The Bertz CT molecular complexity index is 636. The van der Waals surface area contributed by atoms with Crippen molar-refractivity contribution >= 4 is 23.2 Å². The van der Waals surface area contributed by atoms with Crippen molar-refractivity contribution in [2.45, 2.75) is 32.9 Å². The third-order valence-electron chi connectivity index (χ3n) is 2.55. The summed E-state index contributed by atoms with van der Waals surface area (Å²) in [5, 5.41) is 19.7. The van der Waals surface area contributed by atoms with Crippen molar-refractivity contribution in [2.75, 3.05) is 0 Å². The lowest BCUT2D eigenvalue weighted by atomic mass is 10.4. The SMILES string of the molecule is CCCc1ncc(C(=O)NCc2cn(CC(=O)O)nn2)s1. The van der Waals surface area contributed by atoms with Gasteiger partial charge in [0.2, 0.25) is 0 Å². The number of aliphatic carboxylic acids is 1. The van der Waals surface area contributed by atoms with Crippen LogP contribution >= 0.6 is 11.3 Å². The molecule has 0 fully saturated rings. The summed E-state index contributed by atoms with van der Waals surface area (Å²) < 4.78 is 1.20. The van der Waals surface area contributed by atoms with Gasteiger partial charge in [0.25, 0.3) is 5.91 Å². The Kier molecular flexibility index (Phi) is 4.99. The lowest BCUT2D eigenvalue weighted by Gasteiger charge is -1.99. The molecule has 0 unspecified atom stereocenters. The van der Waals surface area contributed by atoms with Crippen LogP contribution in [0.4, 0.5) is 0 Å². The zero-order valence-corrected chi connectivity index (χ0v) is 12.3. The van der Waals surface area contributed by atoms with Crippen LogP contribution in [0.1, 0.15) is 33.7 Å². The highest BCUT2D eigenvalue weighted by Crippen LogP contribution is 2.14. The first kappa shape index (κ1) is 15.1. The number of amides is 1. The molecule has 0 atom stereocenters. The van der Waals surface area contributed by atoms with E-state index in [1.165, 1.54) is 22.2 Å². The highest BCUT2D eigenvalue weighted by molar-refractivity contribution is 7.13. The molecule has 0 saturated heterocycles. The third-order valence-corrected chi connectivity index (χ3v) is 3.61. The van der Waals surface area contributed by atoms with Crippen molar-refractivity contribution in [3.05, 3.63) is 28.0 Å². The molecule has 8 nitrogen and oxygen atoms in total. The molecule has 0 radical (unpaired) electrons. The predicted molar refractivity (Wildman–Crippen MR) is 74.9 cm³/mol. The number of nitrogens with zero attached hydrogens (tertiary/aromatic N) is 4. The Balaban J connectivity index is 1.88. The monoisotopic (exact) mass is 309 g/mol. The van der Waals surface area contributed by atoms with Gasteiger partial charge in [-0.1, -0.05) is 12.1 Å². The summed E-state index contributed by atoms with van der Waals surface area (Å²) in [7, 11) is 0. The molecular weight excluding hydrogens is 294 g/mol. The van der Waals surface area contributed by atoms with Crippen LogP contribution in [0, 0.1) is 0 Å². The Morgan fingerprint density at radius 2 is 2.29 bits per heavy atom. The molecule has 0 aromatic carbocycles. The molecule has 0 aliphatic carbocycles. The quantitative estimate of drug-likeness (QED) is 0.779. The smallest absolute Gasteiger partial charge is 0.325 e. The van der Waals surface area contributed by atoms with Gasteiger partial charge in [0.1, 0.15) is 17.1 Å². The minimum atomic E-state index is -0.997. The maximum absolute atomic E-state index is 11.9. The van der Waals surface area contributed by atoms with Crippen molar-refractivity contribution in [3.8, 4) is 0 Å². The molecule has 2 heterocycles. The van der Waals surface area contributed by atoms with E-state index in [1.807, 2.05) is 0 Å². The largest absolute Gasteiger partial charge is 0.480 e. The van der Waals surface area contributed by atoms with Crippen LogP contribution in [0.25, 0.3) is 0 Å². The summed E-state index contributed by atoms with van der Waals surface area (Å²) in [6.07, 6.45) is 4.90. The van der Waals surface area contributed by atoms with Crippen LogP contribution in [0.15, 0.2) is 12.4 Å². The van der Waals surface area contributed by atoms with Crippen molar-refractivity contribution in [2.24, 2.45) is 0 Å². The van der Waals surface area contributed by atoms with E-state index >= 15 is 0 Å². The summed E-state index contributed by atoms with van der Waals surface area (Å²) in [5.74, 6) is -1.22. The molecule has 112 valence electrons. The number of hydrogen-bond acceptors (Lipinski definition) is 6. The van der Waals surface area contributed by atoms with Gasteiger partial charge in [0.15, 0.2) is 0 Å². The molecule has 0 aliphatic rings. The topological polar surface area (TPSA) is 110 Å². The number of carbonyl (C=O) groups is 2. The van der Waals surface area contributed by atoms with Gasteiger partial charge in [-0.3, -0.25) is 9.59 Å². The molecule has 2 rings (SSSR count). The van der Waals surface area contributed by atoms with Crippen LogP contribution in [-0.4, -0.2) is 37.0 Å². The van der Waals surface area contributed by atoms with Crippen molar-refractivity contribution in [3.63, 3.8) is 0 Å². The van der Waals surface area contributed by atoms with E-state index in [0.29, 0.717) is 10.6 Å². The van der Waals surface area contributed by atoms with Crippen molar-refractivity contribution in [1.29, 1.82) is 0 Å². The summed E-state index contributed by atoms with van der Waals surface area (Å²) >= 11 is 1.37. The van der Waals surface area contributed by atoms with Crippen LogP contribution < -0.4 is 5.32 Å². The first-order chi connectivity index (χ1) is 10.1. The molecule has 9 heteroatoms. The summed E-state index contributed by atoms with van der Waals surface area (Å²) in [4.78, 5) is 27.2. The van der Waals surface area contributed by atoms with E-state index in [-0.39, 0.29) is 19.0 Å². The number of thiazole rings is 1. The normalized spacial score (nSPS) is 10.5. The Hall–Kier alpha value is -2.29. The first-order valence-electron chi connectivity index (χ1n) is 6.42. The van der Waals surface area contributed by atoms with Gasteiger partial charge in [-0.05, 0) is 12.8 Å². The Labute approximate surface area is 124 Å². The van der Waals surface area contributed by atoms with E-state index < -0.39 is 5.97 Å². The average Bonchev–Trinajstić information content (AvgIpc) is 3.05. The fourth-order valence-electron chi connectivity index (χ4n) is 1.64. The van der Waals surface area contributed by atoms with Gasteiger partial charge in [-0.25, -0.2) is 9.67 Å². The molecule has 0 bridgehead atoms. The van der Waals surface area contributed by atoms with Gasteiger partial charge in [-0.15, -0.1) is 16.4 Å². The van der Waals surface area contributed by atoms with Gasteiger partial charge >= 0.3 is 5.97 Å². The van der Waals surface area contributed by atoms with Crippen LogP contribution in [0.3, 0.4) is 0 Å². The number of aryl methyl sites for hydroxylation is 1. The Morgan fingerprint density at radius 1 is 1.48 bits per heavy atom. The van der Waals surface area contributed by atoms with Crippen molar-refractivity contribution < 1.29 is 14.7 Å². The van der Waals surface area contributed by atoms with E-state index in [2.05, 4.69) is 27.5 Å². The van der Waals surface area contributed by atoms with Crippen LogP contribution in [0.5, 0.6) is 0 Å². The zero-order valence-electron chi connectivity index (χ0n) is 11.4. The number of rotatable bonds is 7. The number of aromatic nitrogens is 4. The standard InChI is InChI=1S/C12H15N5O3S/c1-2-3-10-13-5-9(21-10)12(20)14-4-8-6-17(16-15-8)7-11(18)19/h5-6H,2-4,7H2,1H3,(H,14,20)(H,18,19). The minimum absolute atomic E-state index is 0.194. The minimum Gasteiger partial charge on any atom is -0.480 e. The molecule has 1 amide bonds. The second-order valence-electron chi connectivity index (χ2n) is 4.35. The van der Waals surface area contributed by atoms with E-state index in [1.54, 1.807) is 6.20 Å². The van der Waals surface area contributed by atoms with Gasteiger partial charge in [0.05, 0.1) is 23.9 Å². The first-order valence-corrected chi connectivity index (χ1v) is 7.24. The number of nitrogens with one attached hydrogen (secondary N) is 1. The highest BCUT2D eigenvalue weighted by atomic mass is 32.1. The highest BCUT2D eigenvalue weighted by Gasteiger charge is 2.11.